The molecule has 4 aliphatic rings. The molecule has 182 valence electrons. The van der Waals surface area contributed by atoms with Gasteiger partial charge in [0.25, 0.3) is 0 Å². The third-order valence-electron chi connectivity index (χ3n) is 9.36. The van der Waals surface area contributed by atoms with Crippen LogP contribution < -0.4 is 0 Å². The van der Waals surface area contributed by atoms with Crippen molar-refractivity contribution in [3.63, 3.8) is 0 Å². The number of allylic oxidation sites excluding steroid dienone is 3. The summed E-state index contributed by atoms with van der Waals surface area (Å²) in [5, 5.41) is 20.0. The smallest absolute Gasteiger partial charge is 0.242 e. The number of halogens is 2. The molecular weight excluding hydrogens is 408 g/mol. The summed E-state index contributed by atoms with van der Waals surface area (Å²) in [5.41, 5.74) is 3.07. The first kappa shape index (κ1) is 24.3. The first-order chi connectivity index (χ1) is 15.3. The lowest BCUT2D eigenvalue weighted by atomic mass is 9.61. The van der Waals surface area contributed by atoms with E-state index in [-0.39, 0.29) is 0 Å². The number of likely N-dealkylation sites (tertiary alicyclic amines) is 1. The van der Waals surface area contributed by atoms with Gasteiger partial charge in [-0.3, -0.25) is 0 Å². The molecule has 0 aromatic heterocycles. The summed E-state index contributed by atoms with van der Waals surface area (Å²) >= 11 is 0. The topological polar surface area (TPSA) is 43.7 Å². The van der Waals surface area contributed by atoms with Gasteiger partial charge in [-0.25, -0.2) is 8.78 Å². The second-order valence-electron chi connectivity index (χ2n) is 11.6. The van der Waals surface area contributed by atoms with Gasteiger partial charge in [-0.15, -0.1) is 0 Å². The van der Waals surface area contributed by atoms with E-state index in [2.05, 4.69) is 30.9 Å². The molecule has 3 saturated carbocycles. The largest absolute Gasteiger partial charge is 0.393 e. The number of alkyl halides is 2. The quantitative estimate of drug-likeness (QED) is 0.554. The Morgan fingerprint density at radius 2 is 1.88 bits per heavy atom. The fourth-order valence-corrected chi connectivity index (χ4v) is 7.60. The molecule has 4 fully saturated rings. The maximum atomic E-state index is 13.0. The molecule has 1 saturated heterocycles. The first-order valence-electron chi connectivity index (χ1n) is 13.0. The Morgan fingerprint density at radius 1 is 1.12 bits per heavy atom. The molecule has 0 radical (unpaired) electrons. The van der Waals surface area contributed by atoms with E-state index in [0.717, 1.165) is 19.5 Å². The molecule has 5 heteroatoms. The van der Waals surface area contributed by atoms with Crippen molar-refractivity contribution in [2.45, 2.75) is 96.7 Å². The summed E-state index contributed by atoms with van der Waals surface area (Å²) in [6.07, 6.45) is 11.4. The van der Waals surface area contributed by atoms with Crippen molar-refractivity contribution < 1.29 is 19.0 Å². The minimum absolute atomic E-state index is 0.337. The van der Waals surface area contributed by atoms with Crippen LogP contribution in [0.1, 0.15) is 78.1 Å². The van der Waals surface area contributed by atoms with Gasteiger partial charge in [-0.1, -0.05) is 37.1 Å². The van der Waals surface area contributed by atoms with Gasteiger partial charge in [0.15, 0.2) is 0 Å². The average Bonchev–Trinajstić information content (AvgIpc) is 3.34. The molecule has 7 atom stereocenters. The number of aliphatic hydroxyl groups excluding tert-OH is 2. The van der Waals surface area contributed by atoms with E-state index in [1.165, 1.54) is 37.7 Å². The van der Waals surface area contributed by atoms with Gasteiger partial charge in [0, 0.05) is 12.5 Å². The highest BCUT2D eigenvalue weighted by molar-refractivity contribution is 5.26. The maximum Gasteiger partial charge on any atom is 0.242 e. The normalized spacial score (nSPS) is 40.8. The van der Waals surface area contributed by atoms with Crippen LogP contribution in [0.4, 0.5) is 8.78 Å². The van der Waals surface area contributed by atoms with Gasteiger partial charge < -0.3 is 15.1 Å². The van der Waals surface area contributed by atoms with Gasteiger partial charge in [0.2, 0.25) is 6.43 Å². The van der Waals surface area contributed by atoms with Crippen molar-refractivity contribution in [3.05, 3.63) is 23.3 Å². The third kappa shape index (κ3) is 5.31. The lowest BCUT2D eigenvalue weighted by Crippen LogP contribution is -2.37. The van der Waals surface area contributed by atoms with Crippen LogP contribution in [0.2, 0.25) is 0 Å². The van der Waals surface area contributed by atoms with Crippen LogP contribution in [-0.2, 0) is 0 Å². The second kappa shape index (κ2) is 10.2. The van der Waals surface area contributed by atoms with Crippen molar-refractivity contribution in [1.82, 2.24) is 4.90 Å². The Morgan fingerprint density at radius 3 is 2.56 bits per heavy atom. The number of hydrogen-bond donors (Lipinski definition) is 2. The predicted molar refractivity (Wildman–Crippen MR) is 125 cm³/mol. The molecule has 3 nitrogen and oxygen atoms in total. The zero-order valence-corrected chi connectivity index (χ0v) is 20.0. The van der Waals surface area contributed by atoms with Crippen molar-refractivity contribution in [2.75, 3.05) is 19.6 Å². The molecule has 1 heterocycles. The summed E-state index contributed by atoms with van der Waals surface area (Å²) in [6.45, 7) is 7.25. The molecule has 1 unspecified atom stereocenters. The van der Waals surface area contributed by atoms with Crippen molar-refractivity contribution >= 4 is 0 Å². The van der Waals surface area contributed by atoms with E-state index in [9.17, 15) is 19.0 Å². The molecule has 3 aliphatic carbocycles. The predicted octanol–water partition coefficient (Wildman–Crippen LogP) is 5.57. The molecule has 0 spiro atoms. The Kier molecular flexibility index (Phi) is 7.78. The average molecular weight is 452 g/mol. The molecule has 0 amide bonds. The summed E-state index contributed by atoms with van der Waals surface area (Å²) in [5.74, 6) is 1.53. The van der Waals surface area contributed by atoms with Gasteiger partial charge in [0.05, 0.1) is 12.2 Å². The number of rotatable bonds is 6. The molecule has 32 heavy (non-hydrogen) atoms. The second-order valence-corrected chi connectivity index (χ2v) is 11.6. The fourth-order valence-electron chi connectivity index (χ4n) is 7.60. The van der Waals surface area contributed by atoms with Crippen LogP contribution >= 0.6 is 0 Å². The Hall–Kier alpha value is -0.780. The monoisotopic (exact) mass is 451 g/mol. The molecule has 2 N–H and O–H groups in total. The molecule has 0 bridgehead atoms. The fraction of sp³-hybridized carbons (Fsp3) is 0.852. The standard InChI is InChI=1S/C27H43F2NO2/c1-18(9-12-30-13-10-21(17-30)26(28)29)24-7-8-25-20(4-3-11-27(24,25)2)6-5-19-14-22(31)16-23(32)15-19/h5-6,18,21-26,31-32H,3-4,7-17H2,1-2H3/b20-6+/t18?,21-,22-,23-,24-,25+,27-/m1/s1. The zero-order valence-electron chi connectivity index (χ0n) is 20.0. The van der Waals surface area contributed by atoms with Crippen molar-refractivity contribution in [3.8, 4) is 0 Å². The van der Waals surface area contributed by atoms with Crippen molar-refractivity contribution in [1.29, 1.82) is 0 Å². The van der Waals surface area contributed by atoms with Crippen LogP contribution in [0.3, 0.4) is 0 Å². The first-order valence-corrected chi connectivity index (χ1v) is 13.0. The van der Waals surface area contributed by atoms with E-state index >= 15 is 0 Å². The molecule has 0 aromatic carbocycles. The van der Waals surface area contributed by atoms with Gasteiger partial charge in [-0.05, 0) is 100 Å². The third-order valence-corrected chi connectivity index (χ3v) is 9.36. The van der Waals surface area contributed by atoms with E-state index in [1.54, 1.807) is 5.57 Å². The lowest BCUT2D eigenvalue weighted by molar-refractivity contribution is 0.0609. The molecular formula is C27H43F2NO2. The minimum atomic E-state index is -2.17. The number of aliphatic hydroxyl groups is 2. The van der Waals surface area contributed by atoms with E-state index in [0.29, 0.717) is 55.4 Å². The van der Waals surface area contributed by atoms with Crippen LogP contribution in [0, 0.1) is 29.1 Å². The van der Waals surface area contributed by atoms with E-state index in [4.69, 9.17) is 0 Å². The van der Waals surface area contributed by atoms with Gasteiger partial charge in [-0.2, -0.15) is 0 Å². The minimum Gasteiger partial charge on any atom is -0.393 e. The Labute approximate surface area is 193 Å². The molecule has 0 aromatic rings. The van der Waals surface area contributed by atoms with E-state index in [1.807, 2.05) is 0 Å². The Bertz CT molecular complexity index is 696. The highest BCUT2D eigenvalue weighted by atomic mass is 19.3. The molecule has 4 rings (SSSR count). The number of nitrogens with zero attached hydrogens (tertiary/aromatic N) is 1. The van der Waals surface area contributed by atoms with Crippen LogP contribution in [0.25, 0.3) is 0 Å². The summed E-state index contributed by atoms with van der Waals surface area (Å²) in [4.78, 5) is 2.26. The summed E-state index contributed by atoms with van der Waals surface area (Å²) < 4.78 is 26.0. The van der Waals surface area contributed by atoms with Crippen LogP contribution in [0.15, 0.2) is 23.3 Å². The zero-order chi connectivity index (χ0) is 22.9. The number of hydrogen-bond acceptors (Lipinski definition) is 3. The highest BCUT2D eigenvalue weighted by Gasteiger charge is 2.50. The lowest BCUT2D eigenvalue weighted by Gasteiger charge is -2.44. The van der Waals surface area contributed by atoms with Crippen LogP contribution in [0.5, 0.6) is 0 Å². The summed E-state index contributed by atoms with van der Waals surface area (Å²) in [6, 6.07) is 0. The molecule has 1 aliphatic heterocycles. The van der Waals surface area contributed by atoms with Crippen LogP contribution in [-0.4, -0.2) is 53.4 Å². The van der Waals surface area contributed by atoms with Crippen molar-refractivity contribution in [2.24, 2.45) is 29.1 Å². The van der Waals surface area contributed by atoms with Gasteiger partial charge >= 0.3 is 0 Å². The number of fused-ring (bicyclic) bond motifs is 1. The van der Waals surface area contributed by atoms with Gasteiger partial charge in [0.1, 0.15) is 0 Å². The SMILES string of the molecule is CC(CCN1CC[C@@H](C(F)F)C1)[C@H]1CC[C@H]2/C(=C/C=C3C[C@@H](O)C[C@H](O)C3)CCC[C@]12C. The van der Waals surface area contributed by atoms with E-state index < -0.39 is 24.6 Å². The highest BCUT2D eigenvalue weighted by Crippen LogP contribution is 2.59. The maximum absolute atomic E-state index is 13.0. The summed E-state index contributed by atoms with van der Waals surface area (Å²) in [7, 11) is 0. The Balaban J connectivity index is 1.37.